The van der Waals surface area contributed by atoms with E-state index in [0.29, 0.717) is 18.7 Å². The summed E-state index contributed by atoms with van der Waals surface area (Å²) in [4.78, 5) is 0. The molecule has 0 spiro atoms. The number of aliphatic hydroxyl groups is 1. The van der Waals surface area contributed by atoms with Crippen LogP contribution in [0.3, 0.4) is 0 Å². The highest BCUT2D eigenvalue weighted by Gasteiger charge is 2.07. The first kappa shape index (κ1) is 13.7. The van der Waals surface area contributed by atoms with Crippen LogP contribution in [0.25, 0.3) is 0 Å². The summed E-state index contributed by atoms with van der Waals surface area (Å²) in [5, 5.41) is 13.1. The molecular weight excluding hydrogens is 241 g/mol. The van der Waals surface area contributed by atoms with Crippen molar-refractivity contribution in [2.75, 3.05) is 6.54 Å². The average molecular weight is 259 g/mol. The zero-order valence-electron chi connectivity index (χ0n) is 10.9. The second-order valence-corrected chi connectivity index (χ2v) is 4.69. The van der Waals surface area contributed by atoms with Crippen LogP contribution in [0.5, 0.6) is 0 Å². The summed E-state index contributed by atoms with van der Waals surface area (Å²) in [7, 11) is 0. The van der Waals surface area contributed by atoms with Gasteiger partial charge in [-0.25, -0.2) is 4.39 Å². The van der Waals surface area contributed by atoms with Crippen LogP contribution in [-0.2, 0) is 6.54 Å². The van der Waals surface area contributed by atoms with Crippen LogP contribution in [0.2, 0.25) is 0 Å². The van der Waals surface area contributed by atoms with Gasteiger partial charge in [-0.1, -0.05) is 42.0 Å². The van der Waals surface area contributed by atoms with Crippen molar-refractivity contribution in [3.8, 4) is 0 Å². The van der Waals surface area contributed by atoms with E-state index >= 15 is 0 Å². The molecular formula is C16H18FNO. The minimum atomic E-state index is -0.694. The molecule has 2 nitrogen and oxygen atoms in total. The Morgan fingerprint density at radius 2 is 1.95 bits per heavy atom. The van der Waals surface area contributed by atoms with E-state index in [1.807, 2.05) is 25.1 Å². The predicted molar refractivity (Wildman–Crippen MR) is 74.2 cm³/mol. The maximum absolute atomic E-state index is 13.0. The van der Waals surface area contributed by atoms with Crippen LogP contribution in [-0.4, -0.2) is 11.7 Å². The minimum absolute atomic E-state index is 0.324. The number of nitrogens with one attached hydrogen (secondary N) is 1. The van der Waals surface area contributed by atoms with Gasteiger partial charge >= 0.3 is 0 Å². The molecule has 100 valence electrons. The molecule has 0 bridgehead atoms. The van der Waals surface area contributed by atoms with Gasteiger partial charge in [0.25, 0.3) is 0 Å². The highest BCUT2D eigenvalue weighted by atomic mass is 19.1. The summed E-state index contributed by atoms with van der Waals surface area (Å²) < 4.78 is 13.0. The van der Waals surface area contributed by atoms with Crippen LogP contribution in [0.4, 0.5) is 4.39 Å². The molecule has 0 saturated carbocycles. The minimum Gasteiger partial charge on any atom is -0.387 e. The summed E-state index contributed by atoms with van der Waals surface area (Å²) in [5.74, 6) is -0.324. The Morgan fingerprint density at radius 1 is 1.16 bits per heavy atom. The summed E-state index contributed by atoms with van der Waals surface area (Å²) in [6.07, 6.45) is -0.694. The highest BCUT2D eigenvalue weighted by Crippen LogP contribution is 2.13. The van der Waals surface area contributed by atoms with Crippen molar-refractivity contribution in [3.63, 3.8) is 0 Å². The van der Waals surface area contributed by atoms with Gasteiger partial charge in [0, 0.05) is 13.1 Å². The van der Waals surface area contributed by atoms with Crippen LogP contribution in [0.15, 0.2) is 48.5 Å². The number of hydrogen-bond acceptors (Lipinski definition) is 2. The average Bonchev–Trinajstić information content (AvgIpc) is 2.38. The maximum Gasteiger partial charge on any atom is 0.123 e. The second-order valence-electron chi connectivity index (χ2n) is 4.69. The normalized spacial score (nSPS) is 12.4. The van der Waals surface area contributed by atoms with Gasteiger partial charge in [-0.05, 0) is 30.2 Å². The Kier molecular flexibility index (Phi) is 4.66. The van der Waals surface area contributed by atoms with Crippen molar-refractivity contribution in [2.24, 2.45) is 0 Å². The molecule has 0 radical (unpaired) electrons. The van der Waals surface area contributed by atoms with E-state index in [1.165, 1.54) is 23.3 Å². The third kappa shape index (κ3) is 4.16. The number of aliphatic hydroxyl groups excluding tert-OH is 1. The number of aryl methyl sites for hydroxylation is 1. The molecule has 3 heteroatoms. The molecule has 0 saturated heterocycles. The van der Waals surface area contributed by atoms with Gasteiger partial charge < -0.3 is 10.4 Å². The molecule has 1 unspecified atom stereocenters. The second kappa shape index (κ2) is 6.45. The van der Waals surface area contributed by atoms with Gasteiger partial charge in [0.2, 0.25) is 0 Å². The fourth-order valence-corrected chi connectivity index (χ4v) is 2.01. The Morgan fingerprint density at radius 3 is 2.68 bits per heavy atom. The summed E-state index contributed by atoms with van der Waals surface area (Å²) >= 11 is 0. The number of benzene rings is 2. The fourth-order valence-electron chi connectivity index (χ4n) is 2.01. The third-order valence-electron chi connectivity index (χ3n) is 2.98. The van der Waals surface area contributed by atoms with E-state index in [2.05, 4.69) is 11.4 Å². The van der Waals surface area contributed by atoms with Crippen molar-refractivity contribution < 1.29 is 9.50 Å². The van der Waals surface area contributed by atoms with Crippen molar-refractivity contribution in [1.82, 2.24) is 5.32 Å². The lowest BCUT2D eigenvalue weighted by Gasteiger charge is -2.12. The quantitative estimate of drug-likeness (QED) is 0.865. The largest absolute Gasteiger partial charge is 0.387 e. The summed E-state index contributed by atoms with van der Waals surface area (Å²) in [5.41, 5.74) is 2.98. The predicted octanol–water partition coefficient (Wildman–Crippen LogP) is 2.96. The lowest BCUT2D eigenvalue weighted by atomic mass is 10.1. The molecule has 1 atom stereocenters. The summed E-state index contributed by atoms with van der Waals surface area (Å²) in [6.45, 7) is 3.14. The zero-order chi connectivity index (χ0) is 13.7. The SMILES string of the molecule is Cc1cccc(CNCC(O)c2cccc(F)c2)c1. The van der Waals surface area contributed by atoms with Gasteiger partial charge in [-0.3, -0.25) is 0 Å². The van der Waals surface area contributed by atoms with Crippen LogP contribution < -0.4 is 5.32 Å². The smallest absolute Gasteiger partial charge is 0.123 e. The van der Waals surface area contributed by atoms with Gasteiger partial charge in [0.15, 0.2) is 0 Å². The molecule has 0 aromatic heterocycles. The molecule has 2 aromatic carbocycles. The third-order valence-corrected chi connectivity index (χ3v) is 2.98. The molecule has 0 fully saturated rings. The van der Waals surface area contributed by atoms with Gasteiger partial charge in [0.05, 0.1) is 6.10 Å². The summed E-state index contributed by atoms with van der Waals surface area (Å²) in [6, 6.07) is 14.3. The Labute approximate surface area is 112 Å². The maximum atomic E-state index is 13.0. The van der Waals surface area contributed by atoms with E-state index < -0.39 is 6.10 Å². The fraction of sp³-hybridized carbons (Fsp3) is 0.250. The van der Waals surface area contributed by atoms with Crippen molar-refractivity contribution >= 4 is 0 Å². The lowest BCUT2D eigenvalue weighted by Crippen LogP contribution is -2.21. The van der Waals surface area contributed by atoms with E-state index in [1.54, 1.807) is 12.1 Å². The van der Waals surface area contributed by atoms with Gasteiger partial charge in [-0.15, -0.1) is 0 Å². The number of rotatable bonds is 5. The van der Waals surface area contributed by atoms with Crippen LogP contribution in [0, 0.1) is 12.7 Å². The first-order valence-corrected chi connectivity index (χ1v) is 6.35. The molecule has 0 amide bonds. The van der Waals surface area contributed by atoms with Crippen LogP contribution >= 0.6 is 0 Å². The zero-order valence-corrected chi connectivity index (χ0v) is 10.9. The molecule has 0 heterocycles. The first-order chi connectivity index (χ1) is 9.15. The number of hydrogen-bond donors (Lipinski definition) is 2. The van der Waals surface area contributed by atoms with Crippen molar-refractivity contribution in [1.29, 1.82) is 0 Å². The van der Waals surface area contributed by atoms with E-state index in [-0.39, 0.29) is 5.82 Å². The topological polar surface area (TPSA) is 32.3 Å². The van der Waals surface area contributed by atoms with E-state index in [9.17, 15) is 9.50 Å². The Hall–Kier alpha value is -1.71. The van der Waals surface area contributed by atoms with Crippen LogP contribution in [0.1, 0.15) is 22.8 Å². The first-order valence-electron chi connectivity index (χ1n) is 6.35. The lowest BCUT2D eigenvalue weighted by molar-refractivity contribution is 0.174. The van der Waals surface area contributed by atoms with Crippen molar-refractivity contribution in [3.05, 3.63) is 71.0 Å². The highest BCUT2D eigenvalue weighted by molar-refractivity contribution is 5.22. The molecule has 2 aromatic rings. The van der Waals surface area contributed by atoms with E-state index in [0.717, 1.165) is 0 Å². The van der Waals surface area contributed by atoms with Gasteiger partial charge in [-0.2, -0.15) is 0 Å². The van der Waals surface area contributed by atoms with Crippen molar-refractivity contribution in [2.45, 2.75) is 19.6 Å². The molecule has 19 heavy (non-hydrogen) atoms. The molecule has 0 aliphatic carbocycles. The Balaban J connectivity index is 1.85. The van der Waals surface area contributed by atoms with E-state index in [4.69, 9.17) is 0 Å². The molecule has 2 rings (SSSR count). The number of halogens is 1. The molecule has 0 aliphatic heterocycles. The van der Waals surface area contributed by atoms with Gasteiger partial charge in [0.1, 0.15) is 5.82 Å². The molecule has 2 N–H and O–H groups in total. The standard InChI is InChI=1S/C16H18FNO/c1-12-4-2-5-13(8-12)10-18-11-16(19)14-6-3-7-15(17)9-14/h2-9,16,18-19H,10-11H2,1H3. The Bertz CT molecular complexity index is 542. The molecule has 0 aliphatic rings. The monoisotopic (exact) mass is 259 g/mol.